The Hall–Kier alpha value is -1.63. The van der Waals surface area contributed by atoms with Crippen molar-refractivity contribution in [2.24, 2.45) is 0 Å². The quantitative estimate of drug-likeness (QED) is 0.634. The highest BCUT2D eigenvalue weighted by Gasteiger charge is 2.25. The average Bonchev–Trinajstić information content (AvgIpc) is 2.94. The van der Waals surface area contributed by atoms with Crippen LogP contribution in [0.2, 0.25) is 0 Å². The van der Waals surface area contributed by atoms with E-state index < -0.39 is 0 Å². The molecule has 7 nitrogen and oxygen atoms in total. The first-order valence-electron chi connectivity index (χ1n) is 8.24. The normalized spacial score (nSPS) is 21.7. The molecule has 1 aromatic heterocycles. The molecule has 4 N–H and O–H groups in total. The molecule has 1 fully saturated rings. The summed E-state index contributed by atoms with van der Waals surface area (Å²) >= 11 is 0. The predicted molar refractivity (Wildman–Crippen MR) is 84.3 cm³/mol. The summed E-state index contributed by atoms with van der Waals surface area (Å²) < 4.78 is 5.38. The summed E-state index contributed by atoms with van der Waals surface area (Å²) in [5, 5.41) is 9.80. The summed E-state index contributed by atoms with van der Waals surface area (Å²) in [6.07, 6.45) is 7.20. The third kappa shape index (κ3) is 5.29. The molecule has 0 radical (unpaired) electrons. The van der Waals surface area contributed by atoms with Crippen LogP contribution in [0.25, 0.3) is 0 Å². The fraction of sp³-hybridized carbons (Fsp3) is 0.800. The monoisotopic (exact) mass is 309 g/mol. The number of carbonyl (C=O) groups is 1. The van der Waals surface area contributed by atoms with E-state index in [1.165, 1.54) is 0 Å². The smallest absolute Gasteiger partial charge is 0.246 e. The molecule has 7 heteroatoms. The minimum Gasteiger partial charge on any atom is -0.372 e. The van der Waals surface area contributed by atoms with E-state index in [4.69, 9.17) is 10.5 Å². The van der Waals surface area contributed by atoms with Gasteiger partial charge in [-0.25, -0.2) is 0 Å². The van der Waals surface area contributed by atoms with Gasteiger partial charge in [-0.1, -0.05) is 19.8 Å². The van der Waals surface area contributed by atoms with Crippen LogP contribution in [0.5, 0.6) is 0 Å². The third-order valence-corrected chi connectivity index (χ3v) is 4.12. The molecule has 1 aromatic rings. The Labute approximate surface area is 131 Å². The van der Waals surface area contributed by atoms with E-state index in [9.17, 15) is 4.79 Å². The van der Waals surface area contributed by atoms with Crippen LogP contribution in [0.1, 0.15) is 63.6 Å². The van der Waals surface area contributed by atoms with Crippen LogP contribution in [-0.4, -0.2) is 40.3 Å². The van der Waals surface area contributed by atoms with Gasteiger partial charge in [0.1, 0.15) is 12.4 Å². The highest BCUT2D eigenvalue weighted by atomic mass is 16.5. The highest BCUT2D eigenvalue weighted by molar-refractivity contribution is 5.77. The fourth-order valence-electron chi connectivity index (χ4n) is 2.87. The number of H-pyrrole nitrogens is 1. The van der Waals surface area contributed by atoms with Gasteiger partial charge in [-0.3, -0.25) is 9.89 Å². The van der Waals surface area contributed by atoms with E-state index in [1.807, 2.05) is 0 Å². The SMILES string of the molecule is CCCCCOCC(=O)NC1CCC(c2nc(N)n[nH]2)CC1. The van der Waals surface area contributed by atoms with Gasteiger partial charge in [0.15, 0.2) is 0 Å². The average molecular weight is 309 g/mol. The van der Waals surface area contributed by atoms with Crippen molar-refractivity contribution in [3.63, 3.8) is 0 Å². The summed E-state index contributed by atoms with van der Waals surface area (Å²) in [5.74, 6) is 1.51. The number of unbranched alkanes of at least 4 members (excludes halogenated alkanes) is 2. The van der Waals surface area contributed by atoms with Gasteiger partial charge in [-0.2, -0.15) is 4.98 Å². The maximum Gasteiger partial charge on any atom is 0.246 e. The Morgan fingerprint density at radius 1 is 1.36 bits per heavy atom. The summed E-state index contributed by atoms with van der Waals surface area (Å²) in [4.78, 5) is 16.0. The van der Waals surface area contributed by atoms with E-state index in [-0.39, 0.29) is 18.6 Å². The van der Waals surface area contributed by atoms with Crippen LogP contribution in [-0.2, 0) is 9.53 Å². The Morgan fingerprint density at radius 3 is 2.77 bits per heavy atom. The van der Waals surface area contributed by atoms with E-state index in [1.54, 1.807) is 0 Å². The number of amides is 1. The van der Waals surface area contributed by atoms with Gasteiger partial charge in [0.05, 0.1) is 0 Å². The molecule has 0 atom stereocenters. The standard InChI is InChI=1S/C15H27N5O2/c1-2-3-4-9-22-10-13(21)17-12-7-5-11(6-8-12)14-18-15(16)20-19-14/h11-12H,2-10H2,1H3,(H,17,21)(H3,16,18,19,20). The molecule has 0 spiro atoms. The minimum absolute atomic E-state index is 0.0103. The maximum atomic E-state index is 11.8. The number of aromatic nitrogens is 3. The van der Waals surface area contributed by atoms with E-state index in [0.717, 1.165) is 50.8 Å². The van der Waals surface area contributed by atoms with Crippen molar-refractivity contribution in [3.8, 4) is 0 Å². The molecule has 1 heterocycles. The Bertz CT molecular complexity index is 455. The number of anilines is 1. The van der Waals surface area contributed by atoms with Gasteiger partial charge < -0.3 is 15.8 Å². The molecular weight excluding hydrogens is 282 g/mol. The zero-order valence-electron chi connectivity index (χ0n) is 13.3. The second kappa shape index (κ2) is 8.73. The van der Waals surface area contributed by atoms with Gasteiger partial charge in [-0.05, 0) is 32.1 Å². The number of nitrogens with two attached hydrogens (primary N) is 1. The van der Waals surface area contributed by atoms with E-state index >= 15 is 0 Å². The van der Waals surface area contributed by atoms with Crippen LogP contribution in [0, 0.1) is 0 Å². The minimum atomic E-state index is -0.0103. The second-order valence-corrected chi connectivity index (χ2v) is 5.95. The Morgan fingerprint density at radius 2 is 2.14 bits per heavy atom. The van der Waals surface area contributed by atoms with Gasteiger partial charge >= 0.3 is 0 Å². The van der Waals surface area contributed by atoms with Gasteiger partial charge in [0, 0.05) is 18.6 Å². The number of ether oxygens (including phenoxy) is 1. The zero-order chi connectivity index (χ0) is 15.8. The number of hydrogen-bond acceptors (Lipinski definition) is 5. The number of hydrogen-bond donors (Lipinski definition) is 3. The molecule has 1 aliphatic rings. The molecule has 2 rings (SSSR count). The van der Waals surface area contributed by atoms with Crippen LogP contribution < -0.4 is 11.1 Å². The lowest BCUT2D eigenvalue weighted by molar-refractivity contribution is -0.126. The lowest BCUT2D eigenvalue weighted by Crippen LogP contribution is -2.39. The molecule has 124 valence electrons. The Kier molecular flexibility index (Phi) is 6.64. The van der Waals surface area contributed by atoms with Crippen molar-refractivity contribution in [3.05, 3.63) is 5.82 Å². The largest absolute Gasteiger partial charge is 0.372 e. The van der Waals surface area contributed by atoms with Crippen LogP contribution in [0.4, 0.5) is 5.95 Å². The van der Waals surface area contributed by atoms with Crippen molar-refractivity contribution >= 4 is 11.9 Å². The number of carbonyl (C=O) groups excluding carboxylic acids is 1. The molecule has 1 aliphatic carbocycles. The lowest BCUT2D eigenvalue weighted by atomic mass is 9.85. The van der Waals surface area contributed by atoms with Crippen LogP contribution in [0.3, 0.4) is 0 Å². The van der Waals surface area contributed by atoms with E-state index in [0.29, 0.717) is 18.5 Å². The summed E-state index contributed by atoms with van der Waals surface area (Å²) in [5.41, 5.74) is 5.53. The van der Waals surface area contributed by atoms with Crippen molar-refractivity contribution in [1.82, 2.24) is 20.5 Å². The summed E-state index contributed by atoms with van der Waals surface area (Å²) in [6.45, 7) is 2.99. The first-order valence-corrected chi connectivity index (χ1v) is 8.24. The topological polar surface area (TPSA) is 106 Å². The highest BCUT2D eigenvalue weighted by Crippen LogP contribution is 2.31. The van der Waals surface area contributed by atoms with Crippen molar-refractivity contribution in [2.75, 3.05) is 18.9 Å². The molecule has 1 saturated carbocycles. The summed E-state index contributed by atoms with van der Waals surface area (Å²) in [7, 11) is 0. The third-order valence-electron chi connectivity index (χ3n) is 4.12. The number of aromatic amines is 1. The number of nitrogens with zero attached hydrogens (tertiary/aromatic N) is 2. The fourth-order valence-corrected chi connectivity index (χ4v) is 2.87. The van der Waals surface area contributed by atoms with Gasteiger partial charge in [0.25, 0.3) is 0 Å². The van der Waals surface area contributed by atoms with Crippen molar-refractivity contribution < 1.29 is 9.53 Å². The number of nitrogens with one attached hydrogen (secondary N) is 2. The summed E-state index contributed by atoms with van der Waals surface area (Å²) in [6, 6.07) is 0.239. The predicted octanol–water partition coefficient (Wildman–Crippen LogP) is 1.74. The molecule has 0 aliphatic heterocycles. The maximum absolute atomic E-state index is 11.8. The molecular formula is C15H27N5O2. The molecule has 0 bridgehead atoms. The van der Waals surface area contributed by atoms with Crippen LogP contribution >= 0.6 is 0 Å². The molecule has 0 aromatic carbocycles. The molecule has 0 saturated heterocycles. The molecule has 1 amide bonds. The first-order chi connectivity index (χ1) is 10.7. The number of rotatable bonds is 8. The van der Waals surface area contributed by atoms with Gasteiger partial charge in [0.2, 0.25) is 11.9 Å². The van der Waals surface area contributed by atoms with Crippen LogP contribution in [0.15, 0.2) is 0 Å². The lowest BCUT2D eigenvalue weighted by Gasteiger charge is -2.27. The zero-order valence-corrected chi connectivity index (χ0v) is 13.3. The number of nitrogen functional groups attached to an aromatic ring is 1. The first kappa shape index (κ1) is 16.7. The molecule has 0 unspecified atom stereocenters. The second-order valence-electron chi connectivity index (χ2n) is 5.95. The van der Waals surface area contributed by atoms with Crippen molar-refractivity contribution in [1.29, 1.82) is 0 Å². The van der Waals surface area contributed by atoms with Gasteiger partial charge in [-0.15, -0.1) is 5.10 Å². The molecule has 22 heavy (non-hydrogen) atoms. The van der Waals surface area contributed by atoms with Crippen molar-refractivity contribution in [2.45, 2.75) is 63.8 Å². The Balaban J connectivity index is 1.61. The van der Waals surface area contributed by atoms with E-state index in [2.05, 4.69) is 27.4 Å².